The number of aryl methyl sites for hydroxylation is 1. The molecule has 2 unspecified atom stereocenters. The fraction of sp³-hybridized carbons (Fsp3) is 0.192. The Morgan fingerprint density at radius 2 is 1.73 bits per heavy atom. The summed E-state index contributed by atoms with van der Waals surface area (Å²) >= 11 is 0. The number of fused-ring (bicyclic) bond motifs is 2. The van der Waals surface area contributed by atoms with Crippen LogP contribution in [0.25, 0.3) is 10.9 Å². The van der Waals surface area contributed by atoms with Gasteiger partial charge in [0.25, 0.3) is 0 Å². The molecule has 0 bridgehead atoms. The van der Waals surface area contributed by atoms with Crippen molar-refractivity contribution in [1.29, 1.82) is 0 Å². The smallest absolute Gasteiger partial charge is 0.375 e. The fourth-order valence-corrected chi connectivity index (χ4v) is 4.36. The molecule has 5 rings (SSSR count). The highest BCUT2D eigenvalue weighted by molar-refractivity contribution is 5.86. The molecule has 168 valence electrons. The third-order valence-corrected chi connectivity index (χ3v) is 6.20. The minimum Gasteiger partial charge on any atom is -0.375 e. The molecule has 33 heavy (non-hydrogen) atoms. The van der Waals surface area contributed by atoms with Crippen molar-refractivity contribution in [2.45, 2.75) is 31.3 Å². The van der Waals surface area contributed by atoms with Gasteiger partial charge >= 0.3 is 6.18 Å². The maximum absolute atomic E-state index is 14.3. The van der Waals surface area contributed by atoms with Gasteiger partial charge in [-0.3, -0.25) is 4.99 Å². The lowest BCUT2D eigenvalue weighted by molar-refractivity contribution is -0.271. The summed E-state index contributed by atoms with van der Waals surface area (Å²) in [6.45, 7) is 1.19. The van der Waals surface area contributed by atoms with Crippen LogP contribution in [-0.4, -0.2) is 22.1 Å². The molecule has 1 aromatic heterocycles. The highest BCUT2D eigenvalue weighted by atomic mass is 19.4. The summed E-state index contributed by atoms with van der Waals surface area (Å²) in [5, 5.41) is 11.8. The molecule has 1 aliphatic heterocycles. The molecule has 0 radical (unpaired) electrons. The monoisotopic (exact) mass is 452 g/mol. The van der Waals surface area contributed by atoms with Crippen molar-refractivity contribution in [1.82, 2.24) is 4.57 Å². The average Bonchev–Trinajstić information content (AvgIpc) is 3.37. The average molecular weight is 452 g/mol. The molecule has 0 spiro atoms. The third kappa shape index (κ3) is 3.62. The van der Waals surface area contributed by atoms with E-state index < -0.39 is 24.4 Å². The van der Waals surface area contributed by atoms with Gasteiger partial charge in [-0.25, -0.2) is 4.39 Å². The molecular formula is C26H20F4N2O. The van der Waals surface area contributed by atoms with Crippen LogP contribution in [0.2, 0.25) is 0 Å². The Labute approximate surface area is 187 Å². The van der Waals surface area contributed by atoms with E-state index in [1.54, 1.807) is 36.5 Å². The molecular weight excluding hydrogens is 432 g/mol. The molecule has 0 saturated heterocycles. The number of benzene rings is 3. The van der Waals surface area contributed by atoms with Crippen LogP contribution in [0.4, 0.5) is 17.6 Å². The topological polar surface area (TPSA) is 37.5 Å². The van der Waals surface area contributed by atoms with Crippen LogP contribution >= 0.6 is 0 Å². The SMILES string of the molecule is Cc1ccc2ccn(CC(O)(c3ccc4c(c3)C=NC4c3ccc(F)cc3)C(F)(F)F)c2c1. The quantitative estimate of drug-likeness (QED) is 0.376. The van der Waals surface area contributed by atoms with Crippen molar-refractivity contribution >= 4 is 17.1 Å². The molecule has 1 N–H and O–H groups in total. The van der Waals surface area contributed by atoms with Crippen molar-refractivity contribution < 1.29 is 22.7 Å². The van der Waals surface area contributed by atoms with Crippen LogP contribution in [0.3, 0.4) is 0 Å². The first-order valence-electron chi connectivity index (χ1n) is 10.4. The van der Waals surface area contributed by atoms with Crippen molar-refractivity contribution in [2.24, 2.45) is 4.99 Å². The molecule has 0 fully saturated rings. The van der Waals surface area contributed by atoms with Crippen LogP contribution in [0.1, 0.15) is 33.9 Å². The number of nitrogens with zero attached hydrogens (tertiary/aromatic N) is 2. The Hall–Kier alpha value is -3.45. The Morgan fingerprint density at radius 1 is 0.970 bits per heavy atom. The molecule has 0 amide bonds. The number of hydrogen-bond donors (Lipinski definition) is 1. The zero-order valence-electron chi connectivity index (χ0n) is 17.6. The second-order valence-corrected chi connectivity index (χ2v) is 8.44. The molecule has 1 aliphatic rings. The summed E-state index contributed by atoms with van der Waals surface area (Å²) in [7, 11) is 0. The van der Waals surface area contributed by atoms with E-state index in [1.165, 1.54) is 35.0 Å². The van der Waals surface area contributed by atoms with Crippen LogP contribution in [0.15, 0.2) is 77.9 Å². The molecule has 0 aliphatic carbocycles. The van der Waals surface area contributed by atoms with E-state index in [0.717, 1.165) is 16.5 Å². The lowest BCUT2D eigenvalue weighted by atomic mass is 9.88. The van der Waals surface area contributed by atoms with Gasteiger partial charge in [-0.05, 0) is 70.5 Å². The normalized spacial score (nSPS) is 17.3. The molecule has 3 nitrogen and oxygen atoms in total. The highest BCUT2D eigenvalue weighted by Gasteiger charge is 2.55. The molecule has 2 heterocycles. The summed E-state index contributed by atoms with van der Waals surface area (Å²) < 4.78 is 57.5. The molecule has 7 heteroatoms. The van der Waals surface area contributed by atoms with Gasteiger partial charge in [-0.15, -0.1) is 0 Å². The van der Waals surface area contributed by atoms with E-state index in [0.29, 0.717) is 16.6 Å². The lowest BCUT2D eigenvalue weighted by Crippen LogP contribution is -2.45. The standard InChI is InChI=1S/C26H20F4N2O/c1-16-2-3-17-10-11-32(23(17)12-16)15-25(33,26(28,29)30)20-6-9-22-19(13-20)14-31-24(22)18-4-7-21(27)8-5-18/h2-14,24,33H,15H2,1H3. The first-order chi connectivity index (χ1) is 15.7. The second-order valence-electron chi connectivity index (χ2n) is 8.44. The number of aliphatic hydroxyl groups is 1. The van der Waals surface area contributed by atoms with E-state index in [-0.39, 0.29) is 11.4 Å². The Bertz CT molecular complexity index is 1370. The zero-order valence-corrected chi connectivity index (χ0v) is 17.6. The largest absolute Gasteiger partial charge is 0.423 e. The van der Waals surface area contributed by atoms with E-state index in [1.807, 2.05) is 19.1 Å². The van der Waals surface area contributed by atoms with E-state index in [9.17, 15) is 22.7 Å². The number of aliphatic imine (C=N–C) groups is 1. The van der Waals surface area contributed by atoms with Gasteiger partial charge in [0.1, 0.15) is 11.9 Å². The number of alkyl halides is 3. The summed E-state index contributed by atoms with van der Waals surface area (Å²) in [5.41, 5.74) is 0.123. The van der Waals surface area contributed by atoms with Crippen LogP contribution in [0.5, 0.6) is 0 Å². The molecule has 2 atom stereocenters. The summed E-state index contributed by atoms with van der Waals surface area (Å²) in [6.07, 6.45) is -1.86. The maximum atomic E-state index is 14.3. The Kier molecular flexibility index (Phi) is 4.90. The molecule has 0 saturated carbocycles. The van der Waals surface area contributed by atoms with Gasteiger partial charge in [0.2, 0.25) is 5.60 Å². The first kappa shape index (κ1) is 21.4. The summed E-state index contributed by atoms with van der Waals surface area (Å²) in [5.74, 6) is -0.376. The van der Waals surface area contributed by atoms with Gasteiger partial charge in [0, 0.05) is 17.9 Å². The van der Waals surface area contributed by atoms with Crippen molar-refractivity contribution in [3.8, 4) is 0 Å². The molecule has 3 aromatic carbocycles. The Balaban J connectivity index is 1.54. The first-order valence-corrected chi connectivity index (χ1v) is 10.4. The predicted molar refractivity (Wildman–Crippen MR) is 119 cm³/mol. The number of hydrogen-bond acceptors (Lipinski definition) is 2. The zero-order chi connectivity index (χ0) is 23.4. The van der Waals surface area contributed by atoms with Crippen molar-refractivity contribution in [3.05, 3.63) is 107 Å². The lowest BCUT2D eigenvalue weighted by Gasteiger charge is -2.32. The summed E-state index contributed by atoms with van der Waals surface area (Å²) in [6, 6.07) is 16.9. The number of rotatable bonds is 4. The number of aromatic nitrogens is 1. The minimum absolute atomic E-state index is 0.255. The second kappa shape index (κ2) is 7.56. The van der Waals surface area contributed by atoms with E-state index in [2.05, 4.69) is 4.99 Å². The van der Waals surface area contributed by atoms with Gasteiger partial charge in [0.05, 0.1) is 6.54 Å². The number of halogens is 4. The van der Waals surface area contributed by atoms with Gasteiger partial charge < -0.3 is 9.67 Å². The third-order valence-electron chi connectivity index (χ3n) is 6.20. The summed E-state index contributed by atoms with van der Waals surface area (Å²) in [4.78, 5) is 4.40. The minimum atomic E-state index is -4.91. The van der Waals surface area contributed by atoms with Gasteiger partial charge in [-0.1, -0.05) is 36.4 Å². The fourth-order valence-electron chi connectivity index (χ4n) is 4.36. The van der Waals surface area contributed by atoms with Crippen molar-refractivity contribution in [3.63, 3.8) is 0 Å². The van der Waals surface area contributed by atoms with Crippen LogP contribution in [-0.2, 0) is 12.1 Å². The highest BCUT2D eigenvalue weighted by Crippen LogP contribution is 2.43. The van der Waals surface area contributed by atoms with Crippen LogP contribution in [0, 0.1) is 12.7 Å². The predicted octanol–water partition coefficient (Wildman–Crippen LogP) is 6.06. The van der Waals surface area contributed by atoms with Gasteiger partial charge in [0.15, 0.2) is 0 Å². The molecule has 4 aromatic rings. The van der Waals surface area contributed by atoms with Crippen molar-refractivity contribution in [2.75, 3.05) is 0 Å². The maximum Gasteiger partial charge on any atom is 0.423 e. The van der Waals surface area contributed by atoms with Gasteiger partial charge in [-0.2, -0.15) is 13.2 Å². The van der Waals surface area contributed by atoms with Crippen LogP contribution < -0.4 is 0 Å². The Morgan fingerprint density at radius 3 is 2.45 bits per heavy atom. The van der Waals surface area contributed by atoms with E-state index >= 15 is 0 Å². The van der Waals surface area contributed by atoms with E-state index in [4.69, 9.17) is 0 Å².